The minimum absolute atomic E-state index is 0. The van der Waals surface area contributed by atoms with Crippen LogP contribution in [0.15, 0.2) is 24.3 Å². The molecule has 0 aromatic heterocycles. The second-order valence-corrected chi connectivity index (χ2v) is 5.21. The summed E-state index contributed by atoms with van der Waals surface area (Å²) in [6, 6.07) is 5.87. The van der Waals surface area contributed by atoms with E-state index in [9.17, 15) is 13.2 Å². The van der Waals surface area contributed by atoms with Crippen molar-refractivity contribution in [3.05, 3.63) is 35.4 Å². The number of piperazine rings is 1. The van der Waals surface area contributed by atoms with Gasteiger partial charge in [-0.05, 0) is 24.1 Å². The van der Waals surface area contributed by atoms with Gasteiger partial charge >= 0.3 is 6.18 Å². The highest BCUT2D eigenvalue weighted by Crippen LogP contribution is 2.33. The normalized spacial score (nSPS) is 17.3. The largest absolute Gasteiger partial charge is 0.416 e. The van der Waals surface area contributed by atoms with Gasteiger partial charge in [0.05, 0.1) is 5.56 Å². The van der Waals surface area contributed by atoms with Gasteiger partial charge in [-0.3, -0.25) is 4.90 Å². The number of benzene rings is 1. The van der Waals surface area contributed by atoms with Crippen LogP contribution in [-0.4, -0.2) is 31.1 Å². The van der Waals surface area contributed by atoms with E-state index < -0.39 is 11.7 Å². The number of nitrogens with zero attached hydrogens (tertiary/aromatic N) is 1. The van der Waals surface area contributed by atoms with Crippen molar-refractivity contribution in [1.29, 1.82) is 0 Å². The Balaban J connectivity index is 0.00000220. The fraction of sp³-hybridized carbons (Fsp3) is 0.600. The molecule has 1 saturated heterocycles. The molecule has 0 bridgehead atoms. The molecule has 0 amide bonds. The number of alkyl halides is 3. The summed E-state index contributed by atoms with van der Waals surface area (Å²) in [6.07, 6.45) is -2.41. The molecule has 0 saturated carbocycles. The molecular formula is C15H23Cl2F3N2. The molecule has 1 heterocycles. The van der Waals surface area contributed by atoms with Crippen LogP contribution in [0, 0.1) is 0 Å². The fourth-order valence-corrected chi connectivity index (χ4v) is 2.75. The lowest BCUT2D eigenvalue weighted by Gasteiger charge is -2.35. The van der Waals surface area contributed by atoms with Gasteiger partial charge in [0.1, 0.15) is 0 Å². The third-order valence-corrected chi connectivity index (χ3v) is 3.75. The average molecular weight is 359 g/mol. The second kappa shape index (κ2) is 9.60. The SMILES string of the molecule is CCC[C@H](c1cccc(C(F)(F)F)c1)N1CCNCC1.Cl.Cl. The van der Waals surface area contributed by atoms with E-state index in [1.165, 1.54) is 12.1 Å². The predicted octanol–water partition coefficient (Wildman–Crippen LogP) is 4.30. The van der Waals surface area contributed by atoms with Gasteiger partial charge in [0.2, 0.25) is 0 Å². The van der Waals surface area contributed by atoms with Gasteiger partial charge in [0.25, 0.3) is 0 Å². The number of halogens is 5. The first-order valence-corrected chi connectivity index (χ1v) is 7.14. The molecule has 7 heteroatoms. The molecule has 0 spiro atoms. The zero-order valence-electron chi connectivity index (χ0n) is 12.5. The topological polar surface area (TPSA) is 15.3 Å². The highest BCUT2D eigenvalue weighted by molar-refractivity contribution is 5.85. The van der Waals surface area contributed by atoms with Crippen molar-refractivity contribution in [3.63, 3.8) is 0 Å². The van der Waals surface area contributed by atoms with Crippen molar-refractivity contribution in [2.24, 2.45) is 0 Å². The van der Waals surface area contributed by atoms with Gasteiger partial charge in [-0.1, -0.05) is 25.5 Å². The van der Waals surface area contributed by atoms with Crippen LogP contribution in [0.1, 0.15) is 36.9 Å². The molecule has 128 valence electrons. The van der Waals surface area contributed by atoms with Crippen molar-refractivity contribution in [2.45, 2.75) is 32.0 Å². The number of hydrogen-bond donors (Lipinski definition) is 1. The molecule has 1 atom stereocenters. The predicted molar refractivity (Wildman–Crippen MR) is 88.0 cm³/mol. The molecule has 1 fully saturated rings. The van der Waals surface area contributed by atoms with Crippen molar-refractivity contribution in [3.8, 4) is 0 Å². The molecule has 1 aromatic carbocycles. The van der Waals surface area contributed by atoms with Gasteiger partial charge in [-0.25, -0.2) is 0 Å². The Bertz CT molecular complexity index is 435. The summed E-state index contributed by atoms with van der Waals surface area (Å²) in [5.41, 5.74) is 0.231. The third kappa shape index (κ3) is 5.61. The first kappa shape index (κ1) is 21.5. The standard InChI is InChI=1S/C15H21F3N2.2ClH/c1-2-4-14(20-9-7-19-8-10-20)12-5-3-6-13(11-12)15(16,17)18;;/h3,5-6,11,14,19H,2,4,7-10H2,1H3;2*1H/t14-;;/m1../s1. The van der Waals surface area contributed by atoms with Gasteiger partial charge in [0, 0.05) is 32.2 Å². The van der Waals surface area contributed by atoms with Crippen molar-refractivity contribution < 1.29 is 13.2 Å². The fourth-order valence-electron chi connectivity index (χ4n) is 2.75. The van der Waals surface area contributed by atoms with E-state index in [4.69, 9.17) is 0 Å². The van der Waals surface area contributed by atoms with Crippen LogP contribution < -0.4 is 5.32 Å². The summed E-state index contributed by atoms with van der Waals surface area (Å²) in [5.74, 6) is 0. The van der Waals surface area contributed by atoms with Crippen LogP contribution in [0.4, 0.5) is 13.2 Å². The van der Waals surface area contributed by atoms with Gasteiger partial charge in [-0.15, -0.1) is 24.8 Å². The Kier molecular flexibility index (Phi) is 9.39. The van der Waals surface area contributed by atoms with E-state index in [1.807, 2.05) is 6.07 Å². The van der Waals surface area contributed by atoms with Crippen LogP contribution in [0.5, 0.6) is 0 Å². The lowest BCUT2D eigenvalue weighted by Crippen LogP contribution is -2.45. The molecule has 2 nitrogen and oxygen atoms in total. The molecule has 0 radical (unpaired) electrons. The van der Waals surface area contributed by atoms with Crippen LogP contribution in [0.25, 0.3) is 0 Å². The van der Waals surface area contributed by atoms with E-state index in [-0.39, 0.29) is 30.9 Å². The minimum Gasteiger partial charge on any atom is -0.314 e. The molecule has 1 aromatic rings. The van der Waals surface area contributed by atoms with E-state index in [2.05, 4.69) is 17.1 Å². The van der Waals surface area contributed by atoms with Crippen molar-refractivity contribution >= 4 is 24.8 Å². The first-order chi connectivity index (χ1) is 9.52. The Morgan fingerprint density at radius 1 is 1.18 bits per heavy atom. The summed E-state index contributed by atoms with van der Waals surface area (Å²) < 4.78 is 38.5. The maximum atomic E-state index is 12.8. The number of rotatable bonds is 4. The summed E-state index contributed by atoms with van der Waals surface area (Å²) >= 11 is 0. The Labute approximate surface area is 142 Å². The smallest absolute Gasteiger partial charge is 0.314 e. The quantitative estimate of drug-likeness (QED) is 0.863. The third-order valence-electron chi connectivity index (χ3n) is 3.75. The Hall–Kier alpha value is -0.490. The maximum absolute atomic E-state index is 12.8. The van der Waals surface area contributed by atoms with E-state index in [0.717, 1.165) is 50.7 Å². The summed E-state index contributed by atoms with van der Waals surface area (Å²) in [5, 5.41) is 3.28. The lowest BCUT2D eigenvalue weighted by atomic mass is 9.98. The summed E-state index contributed by atoms with van der Waals surface area (Å²) in [4.78, 5) is 2.29. The molecule has 1 N–H and O–H groups in total. The van der Waals surface area contributed by atoms with E-state index in [1.54, 1.807) is 0 Å². The van der Waals surface area contributed by atoms with Gasteiger partial charge in [0.15, 0.2) is 0 Å². The van der Waals surface area contributed by atoms with Crippen molar-refractivity contribution in [2.75, 3.05) is 26.2 Å². The van der Waals surface area contributed by atoms with Crippen molar-refractivity contribution in [1.82, 2.24) is 10.2 Å². The van der Waals surface area contributed by atoms with Gasteiger partial charge in [-0.2, -0.15) is 13.2 Å². The first-order valence-electron chi connectivity index (χ1n) is 7.14. The zero-order chi connectivity index (χ0) is 14.6. The van der Waals surface area contributed by atoms with Crippen LogP contribution >= 0.6 is 24.8 Å². The van der Waals surface area contributed by atoms with Gasteiger partial charge < -0.3 is 5.32 Å². The van der Waals surface area contributed by atoms with E-state index in [0.29, 0.717) is 0 Å². The Morgan fingerprint density at radius 2 is 1.82 bits per heavy atom. The molecule has 1 aliphatic rings. The number of hydrogen-bond acceptors (Lipinski definition) is 2. The molecule has 0 aliphatic carbocycles. The summed E-state index contributed by atoms with van der Waals surface area (Å²) in [6.45, 7) is 5.66. The summed E-state index contributed by atoms with van der Waals surface area (Å²) in [7, 11) is 0. The highest BCUT2D eigenvalue weighted by atomic mass is 35.5. The monoisotopic (exact) mass is 358 g/mol. The zero-order valence-corrected chi connectivity index (χ0v) is 14.2. The Morgan fingerprint density at radius 3 is 2.36 bits per heavy atom. The second-order valence-electron chi connectivity index (χ2n) is 5.21. The average Bonchev–Trinajstić information content (AvgIpc) is 2.45. The number of nitrogens with one attached hydrogen (secondary N) is 1. The van der Waals surface area contributed by atoms with Crippen LogP contribution in [-0.2, 0) is 6.18 Å². The molecule has 0 unspecified atom stereocenters. The molecule has 2 rings (SSSR count). The molecule has 22 heavy (non-hydrogen) atoms. The maximum Gasteiger partial charge on any atom is 0.416 e. The molecular weight excluding hydrogens is 336 g/mol. The van der Waals surface area contributed by atoms with Crippen LogP contribution in [0.3, 0.4) is 0 Å². The minimum atomic E-state index is -4.27. The lowest BCUT2D eigenvalue weighted by molar-refractivity contribution is -0.137. The van der Waals surface area contributed by atoms with E-state index >= 15 is 0 Å². The molecule has 1 aliphatic heterocycles. The highest BCUT2D eigenvalue weighted by Gasteiger charge is 2.31. The van der Waals surface area contributed by atoms with Crippen LogP contribution in [0.2, 0.25) is 0 Å².